The van der Waals surface area contributed by atoms with Crippen molar-refractivity contribution in [2.24, 2.45) is 7.05 Å². The average molecular weight is 313 g/mol. The van der Waals surface area contributed by atoms with Gasteiger partial charge in [-0.05, 0) is 31.5 Å². The van der Waals surface area contributed by atoms with Crippen LogP contribution in [0, 0.1) is 6.92 Å². The molecule has 0 bridgehead atoms. The number of hydrogen-bond donors (Lipinski definition) is 2. The maximum absolute atomic E-state index is 12.7. The summed E-state index contributed by atoms with van der Waals surface area (Å²) in [5, 5.41) is 17.6. The lowest BCUT2D eigenvalue weighted by Gasteiger charge is -2.25. The van der Waals surface area contributed by atoms with E-state index in [9.17, 15) is 18.3 Å². The van der Waals surface area contributed by atoms with Gasteiger partial charge < -0.3 is 10.4 Å². The summed E-state index contributed by atoms with van der Waals surface area (Å²) in [7, 11) is 1.78. The molecule has 2 rings (SSSR count). The van der Waals surface area contributed by atoms with E-state index in [1.165, 1.54) is 19.1 Å². The lowest BCUT2D eigenvalue weighted by Crippen LogP contribution is -2.31. The standard InChI is InChI=1S/C15H18F3N3O/c1-10-7-13(20-21(10)3)19-9-14(2,22)11-5-4-6-12(8-11)15(16,17)18/h4-8,22H,9H2,1-3H3,(H,19,20). The number of aliphatic hydroxyl groups is 1. The first-order chi connectivity index (χ1) is 10.1. The summed E-state index contributed by atoms with van der Waals surface area (Å²) in [4.78, 5) is 0. The number of benzene rings is 1. The molecule has 0 saturated carbocycles. The number of aryl methyl sites for hydroxylation is 2. The van der Waals surface area contributed by atoms with Crippen LogP contribution in [0.4, 0.5) is 19.0 Å². The summed E-state index contributed by atoms with van der Waals surface area (Å²) in [6.07, 6.45) is -4.43. The molecule has 0 aliphatic heterocycles. The number of nitrogens with zero attached hydrogens (tertiary/aromatic N) is 2. The minimum atomic E-state index is -4.43. The molecule has 4 nitrogen and oxygen atoms in total. The lowest BCUT2D eigenvalue weighted by atomic mass is 9.94. The maximum atomic E-state index is 12.7. The average Bonchev–Trinajstić information content (AvgIpc) is 2.75. The van der Waals surface area contributed by atoms with Gasteiger partial charge in [-0.15, -0.1) is 0 Å². The molecule has 0 amide bonds. The quantitative estimate of drug-likeness (QED) is 0.912. The van der Waals surface area contributed by atoms with Crippen molar-refractivity contribution >= 4 is 5.82 Å². The van der Waals surface area contributed by atoms with Crippen molar-refractivity contribution in [3.05, 3.63) is 47.2 Å². The second-order valence-corrected chi connectivity index (χ2v) is 5.50. The van der Waals surface area contributed by atoms with Crippen molar-refractivity contribution in [2.75, 3.05) is 11.9 Å². The summed E-state index contributed by atoms with van der Waals surface area (Å²) >= 11 is 0. The lowest BCUT2D eigenvalue weighted by molar-refractivity contribution is -0.137. The Kier molecular flexibility index (Phi) is 4.19. The Morgan fingerprint density at radius 3 is 2.41 bits per heavy atom. The van der Waals surface area contributed by atoms with Gasteiger partial charge in [0, 0.05) is 25.4 Å². The fourth-order valence-electron chi connectivity index (χ4n) is 2.04. The molecule has 2 aromatic rings. The monoisotopic (exact) mass is 313 g/mol. The van der Waals surface area contributed by atoms with Gasteiger partial charge >= 0.3 is 6.18 Å². The Morgan fingerprint density at radius 2 is 1.86 bits per heavy atom. The molecule has 1 atom stereocenters. The molecule has 0 aliphatic rings. The third-order valence-corrected chi connectivity index (χ3v) is 3.54. The number of rotatable bonds is 4. The first-order valence-corrected chi connectivity index (χ1v) is 6.74. The second kappa shape index (κ2) is 5.64. The second-order valence-electron chi connectivity index (χ2n) is 5.50. The van der Waals surface area contributed by atoms with Crippen LogP contribution in [0.1, 0.15) is 23.7 Å². The molecule has 7 heteroatoms. The van der Waals surface area contributed by atoms with Gasteiger partial charge in [0.2, 0.25) is 0 Å². The highest BCUT2D eigenvalue weighted by Gasteiger charge is 2.32. The van der Waals surface area contributed by atoms with Crippen molar-refractivity contribution in [3.8, 4) is 0 Å². The van der Waals surface area contributed by atoms with Gasteiger partial charge in [-0.25, -0.2) is 0 Å². The number of anilines is 1. The van der Waals surface area contributed by atoms with Gasteiger partial charge in [0.25, 0.3) is 0 Å². The minimum absolute atomic E-state index is 0.0464. The van der Waals surface area contributed by atoms with Gasteiger partial charge in [-0.3, -0.25) is 4.68 Å². The van der Waals surface area contributed by atoms with E-state index in [4.69, 9.17) is 0 Å². The fourth-order valence-corrected chi connectivity index (χ4v) is 2.04. The molecule has 2 N–H and O–H groups in total. The molecule has 0 saturated heterocycles. The minimum Gasteiger partial charge on any atom is -0.384 e. The van der Waals surface area contributed by atoms with Crippen molar-refractivity contribution in [1.82, 2.24) is 9.78 Å². The zero-order valence-electron chi connectivity index (χ0n) is 12.6. The van der Waals surface area contributed by atoms with Crippen molar-refractivity contribution in [3.63, 3.8) is 0 Å². The summed E-state index contributed by atoms with van der Waals surface area (Å²) in [6, 6.07) is 6.50. The largest absolute Gasteiger partial charge is 0.416 e. The van der Waals surface area contributed by atoms with Crippen LogP contribution >= 0.6 is 0 Å². The number of hydrogen-bond acceptors (Lipinski definition) is 3. The Hall–Kier alpha value is -2.02. The SMILES string of the molecule is Cc1cc(NCC(C)(O)c2cccc(C(F)(F)F)c2)nn1C. The van der Waals surface area contributed by atoms with E-state index in [1.54, 1.807) is 17.8 Å². The third kappa shape index (κ3) is 3.59. The highest BCUT2D eigenvalue weighted by atomic mass is 19.4. The summed E-state index contributed by atoms with van der Waals surface area (Å²) in [5.74, 6) is 0.562. The predicted molar refractivity (Wildman–Crippen MR) is 77.4 cm³/mol. The van der Waals surface area contributed by atoms with Gasteiger partial charge in [0.15, 0.2) is 0 Å². The number of halogens is 3. The topological polar surface area (TPSA) is 50.1 Å². The summed E-state index contributed by atoms with van der Waals surface area (Å²) in [6.45, 7) is 3.39. The van der Waals surface area contributed by atoms with Crippen molar-refractivity contribution < 1.29 is 18.3 Å². The molecule has 1 unspecified atom stereocenters. The van der Waals surface area contributed by atoms with E-state index >= 15 is 0 Å². The molecule has 0 aliphatic carbocycles. The molecule has 120 valence electrons. The Labute approximate surface area is 126 Å². The maximum Gasteiger partial charge on any atom is 0.416 e. The Bertz CT molecular complexity index is 643. The first-order valence-electron chi connectivity index (χ1n) is 6.74. The van der Waals surface area contributed by atoms with E-state index in [2.05, 4.69) is 10.4 Å². The molecule has 22 heavy (non-hydrogen) atoms. The van der Waals surface area contributed by atoms with Crippen LogP contribution < -0.4 is 5.32 Å². The molecule has 1 heterocycles. The molecular formula is C15H18F3N3O. The van der Waals surface area contributed by atoms with Crippen LogP contribution in [0.25, 0.3) is 0 Å². The van der Waals surface area contributed by atoms with Crippen LogP contribution in [-0.2, 0) is 18.8 Å². The number of aromatic nitrogens is 2. The number of nitrogens with one attached hydrogen (secondary N) is 1. The zero-order chi connectivity index (χ0) is 16.5. The molecule has 1 aromatic heterocycles. The van der Waals surface area contributed by atoms with Crippen molar-refractivity contribution in [2.45, 2.75) is 25.6 Å². The summed E-state index contributed by atoms with van der Waals surface area (Å²) in [5.41, 5.74) is -1.10. The van der Waals surface area contributed by atoms with Crippen LogP contribution in [0.5, 0.6) is 0 Å². The molecule has 0 spiro atoms. The molecule has 1 aromatic carbocycles. The van der Waals surface area contributed by atoms with Crippen LogP contribution in [0.2, 0.25) is 0 Å². The Morgan fingerprint density at radius 1 is 1.23 bits per heavy atom. The normalized spacial score (nSPS) is 14.7. The van der Waals surface area contributed by atoms with E-state index in [0.29, 0.717) is 5.82 Å². The Balaban J connectivity index is 2.16. The zero-order valence-corrected chi connectivity index (χ0v) is 12.6. The van der Waals surface area contributed by atoms with Crippen LogP contribution in [0.15, 0.2) is 30.3 Å². The van der Waals surface area contributed by atoms with E-state index in [0.717, 1.165) is 17.8 Å². The van der Waals surface area contributed by atoms with E-state index in [1.807, 2.05) is 6.92 Å². The van der Waals surface area contributed by atoms with Gasteiger partial charge in [-0.2, -0.15) is 18.3 Å². The highest BCUT2D eigenvalue weighted by molar-refractivity contribution is 5.37. The van der Waals surface area contributed by atoms with Crippen LogP contribution in [0.3, 0.4) is 0 Å². The number of alkyl halides is 3. The predicted octanol–water partition coefficient (Wildman–Crippen LogP) is 3.07. The van der Waals surface area contributed by atoms with Gasteiger partial charge in [0.05, 0.1) is 5.56 Å². The third-order valence-electron chi connectivity index (χ3n) is 3.54. The smallest absolute Gasteiger partial charge is 0.384 e. The fraction of sp³-hybridized carbons (Fsp3) is 0.400. The molecule has 0 fully saturated rings. The van der Waals surface area contributed by atoms with Gasteiger partial charge in [0.1, 0.15) is 11.4 Å². The first kappa shape index (κ1) is 16.4. The van der Waals surface area contributed by atoms with Crippen molar-refractivity contribution in [1.29, 1.82) is 0 Å². The highest BCUT2D eigenvalue weighted by Crippen LogP contribution is 2.32. The van der Waals surface area contributed by atoms with E-state index < -0.39 is 17.3 Å². The molecular weight excluding hydrogens is 295 g/mol. The van der Waals surface area contributed by atoms with Gasteiger partial charge in [-0.1, -0.05) is 12.1 Å². The summed E-state index contributed by atoms with van der Waals surface area (Å²) < 4.78 is 39.9. The molecule has 0 radical (unpaired) electrons. The van der Waals surface area contributed by atoms with E-state index in [-0.39, 0.29) is 12.1 Å². The van der Waals surface area contributed by atoms with Crippen LogP contribution in [-0.4, -0.2) is 21.4 Å².